The van der Waals surface area contributed by atoms with Gasteiger partial charge in [-0.15, -0.1) is 0 Å². The van der Waals surface area contributed by atoms with Crippen molar-refractivity contribution < 1.29 is 89.4 Å². The molecule has 12 N–H and O–H groups in total. The second kappa shape index (κ2) is 28.7. The van der Waals surface area contributed by atoms with Crippen LogP contribution in [0, 0.1) is 0 Å². The zero-order chi connectivity index (χ0) is 44.9. The third kappa shape index (κ3) is 16.5. The van der Waals surface area contributed by atoms with Gasteiger partial charge in [0.25, 0.3) is 0 Å². The van der Waals surface area contributed by atoms with E-state index in [1.165, 1.54) is 0 Å². The van der Waals surface area contributed by atoms with Crippen molar-refractivity contribution in [1.82, 2.24) is 5.32 Å². The quantitative estimate of drug-likeness (QED) is 0.0337. The summed E-state index contributed by atoms with van der Waals surface area (Å²) in [6.45, 7) is 1.38. The van der Waals surface area contributed by atoms with E-state index in [2.05, 4.69) is 48.7 Å². The van der Waals surface area contributed by atoms with Crippen molar-refractivity contribution in [2.24, 2.45) is 0 Å². The van der Waals surface area contributed by atoms with E-state index in [0.29, 0.717) is 19.3 Å². The molecule has 19 heteroatoms. The van der Waals surface area contributed by atoms with Crippen LogP contribution in [0.1, 0.15) is 90.9 Å². The van der Waals surface area contributed by atoms with Crippen LogP contribution in [0.15, 0.2) is 36.5 Å². The fraction of sp³-hybridized carbons (Fsp3) is 0.833. The Hall–Kier alpha value is -1.99. The van der Waals surface area contributed by atoms with Gasteiger partial charge in [0.15, 0.2) is 18.9 Å². The Morgan fingerprint density at radius 3 is 1.70 bits per heavy atom. The third-order valence-electron chi connectivity index (χ3n) is 11.0. The first-order chi connectivity index (χ1) is 29.3. The van der Waals surface area contributed by atoms with Crippen molar-refractivity contribution in [1.29, 1.82) is 0 Å². The molecule has 0 radical (unpaired) electrons. The minimum atomic E-state index is -1.97. The highest BCUT2D eigenvalue weighted by Crippen LogP contribution is 2.33. The van der Waals surface area contributed by atoms with E-state index in [1.54, 1.807) is 0 Å². The number of carbonyl (C=O) groups excluding carboxylic acids is 1. The lowest BCUT2D eigenvalue weighted by Gasteiger charge is -2.48. The Bertz CT molecular complexity index is 1290. The standard InChI is InChI=1S/C42H73NO18/c1-3-5-7-8-9-10-11-12-13-14-15-16-18-20-30(48)43-25(26(47)19-17-6-4-2)24-56-40-36(54)33(51)38(28(22-45)58-40)61-42-37(55)34(52)39(29(23-46)59-42)60-41-35(53)32(50)31(49)27(21-44)57-41/h5,7,9-10,12-13,25-29,31-42,44-47,49-55H,3-4,6,8,11,14-24H2,1-2H3,(H,43,48)/b7-5-,10-9-,13-12-. The van der Waals surface area contributed by atoms with Crippen LogP contribution in [0.4, 0.5) is 0 Å². The number of allylic oxidation sites excluding steroid dienone is 6. The monoisotopic (exact) mass is 879 g/mol. The SMILES string of the molecule is CC/C=C\C/C=C\C/C=C\CCCCCC(=O)NC(COC1OC(CO)C(OC2OC(CO)C(OC3OC(CO)C(O)C(O)C3O)C(O)C2O)C(O)C1O)C(O)CCCCC. The molecule has 17 unspecified atom stereocenters. The second-order valence-electron chi connectivity index (χ2n) is 15.8. The Balaban J connectivity index is 1.55. The maximum Gasteiger partial charge on any atom is 0.220 e. The molecule has 0 aromatic carbocycles. The van der Waals surface area contributed by atoms with E-state index in [9.17, 15) is 61.0 Å². The van der Waals surface area contributed by atoms with E-state index in [0.717, 1.165) is 51.4 Å². The number of amides is 1. The average Bonchev–Trinajstić information content (AvgIpc) is 3.25. The van der Waals surface area contributed by atoms with Crippen molar-refractivity contribution >= 4 is 5.91 Å². The number of carbonyl (C=O) groups is 1. The summed E-state index contributed by atoms with van der Waals surface area (Å²) in [4.78, 5) is 13.0. The molecular formula is C42H73NO18. The van der Waals surface area contributed by atoms with Gasteiger partial charge in [-0.2, -0.15) is 0 Å². The number of ether oxygens (including phenoxy) is 6. The minimum Gasteiger partial charge on any atom is -0.394 e. The molecule has 3 saturated heterocycles. The van der Waals surface area contributed by atoms with Gasteiger partial charge in [0.2, 0.25) is 5.91 Å². The zero-order valence-electron chi connectivity index (χ0n) is 35.4. The van der Waals surface area contributed by atoms with Gasteiger partial charge in [-0.25, -0.2) is 0 Å². The lowest BCUT2D eigenvalue weighted by Crippen LogP contribution is -2.66. The van der Waals surface area contributed by atoms with E-state index in [-0.39, 0.29) is 18.9 Å². The van der Waals surface area contributed by atoms with Gasteiger partial charge in [0.1, 0.15) is 73.2 Å². The topological polar surface area (TPSA) is 307 Å². The Kier molecular flexibility index (Phi) is 25.1. The molecule has 354 valence electrons. The minimum absolute atomic E-state index is 0.227. The molecule has 0 spiro atoms. The normalized spacial score (nSPS) is 35.9. The molecule has 0 aromatic rings. The number of rotatable bonds is 27. The highest BCUT2D eigenvalue weighted by Gasteiger charge is 2.53. The van der Waals surface area contributed by atoms with Crippen LogP contribution in [0.3, 0.4) is 0 Å². The first kappa shape index (κ1) is 53.3. The van der Waals surface area contributed by atoms with E-state index >= 15 is 0 Å². The predicted molar refractivity (Wildman–Crippen MR) is 217 cm³/mol. The molecule has 0 aromatic heterocycles. The van der Waals surface area contributed by atoms with Crippen molar-refractivity contribution in [3.8, 4) is 0 Å². The lowest BCUT2D eigenvalue weighted by molar-refractivity contribution is -0.379. The summed E-state index contributed by atoms with van der Waals surface area (Å²) < 4.78 is 33.8. The van der Waals surface area contributed by atoms with E-state index < -0.39 is 124 Å². The van der Waals surface area contributed by atoms with Crippen LogP contribution in [-0.4, -0.2) is 193 Å². The van der Waals surface area contributed by atoms with Crippen molar-refractivity contribution in [3.63, 3.8) is 0 Å². The van der Waals surface area contributed by atoms with Crippen LogP contribution >= 0.6 is 0 Å². The number of aliphatic hydroxyl groups is 11. The molecule has 0 bridgehead atoms. The van der Waals surface area contributed by atoms with Gasteiger partial charge >= 0.3 is 0 Å². The maximum atomic E-state index is 13.0. The van der Waals surface area contributed by atoms with Crippen LogP contribution in [0.25, 0.3) is 0 Å². The number of aliphatic hydroxyl groups excluding tert-OH is 11. The van der Waals surface area contributed by atoms with E-state index in [4.69, 9.17) is 28.4 Å². The van der Waals surface area contributed by atoms with Gasteiger partial charge in [-0.3, -0.25) is 4.79 Å². The van der Waals surface area contributed by atoms with Gasteiger partial charge in [0.05, 0.1) is 38.6 Å². The molecule has 19 nitrogen and oxygen atoms in total. The lowest BCUT2D eigenvalue weighted by atomic mass is 9.96. The summed E-state index contributed by atoms with van der Waals surface area (Å²) in [5.74, 6) is -0.289. The predicted octanol–water partition coefficient (Wildman–Crippen LogP) is -1.31. The van der Waals surface area contributed by atoms with Gasteiger partial charge in [-0.05, 0) is 44.9 Å². The van der Waals surface area contributed by atoms with Crippen molar-refractivity contribution in [3.05, 3.63) is 36.5 Å². The van der Waals surface area contributed by atoms with Crippen molar-refractivity contribution in [2.75, 3.05) is 26.4 Å². The molecule has 1 amide bonds. The van der Waals surface area contributed by atoms with Gasteiger partial charge in [0, 0.05) is 6.42 Å². The maximum absolute atomic E-state index is 13.0. The summed E-state index contributed by atoms with van der Waals surface area (Å²) >= 11 is 0. The van der Waals surface area contributed by atoms with Gasteiger partial charge in [-0.1, -0.05) is 76.0 Å². The Labute approximate surface area is 358 Å². The molecule has 0 saturated carbocycles. The van der Waals surface area contributed by atoms with Crippen LogP contribution < -0.4 is 5.32 Å². The van der Waals surface area contributed by atoms with Gasteiger partial charge < -0.3 is 89.9 Å². The molecule has 3 aliphatic heterocycles. The number of hydrogen-bond donors (Lipinski definition) is 12. The first-order valence-corrected chi connectivity index (χ1v) is 21.7. The highest BCUT2D eigenvalue weighted by molar-refractivity contribution is 5.76. The van der Waals surface area contributed by atoms with Crippen LogP contribution in [-0.2, 0) is 33.2 Å². The summed E-state index contributed by atoms with van der Waals surface area (Å²) in [6.07, 6.45) is -4.57. The summed E-state index contributed by atoms with van der Waals surface area (Å²) in [5.41, 5.74) is 0. The summed E-state index contributed by atoms with van der Waals surface area (Å²) in [6, 6.07) is -0.895. The summed E-state index contributed by atoms with van der Waals surface area (Å²) in [5, 5.41) is 118. The molecule has 17 atom stereocenters. The van der Waals surface area contributed by atoms with Crippen LogP contribution in [0.2, 0.25) is 0 Å². The van der Waals surface area contributed by atoms with Crippen molar-refractivity contribution in [2.45, 2.75) is 195 Å². The molecule has 61 heavy (non-hydrogen) atoms. The van der Waals surface area contributed by atoms with Crippen LogP contribution in [0.5, 0.6) is 0 Å². The summed E-state index contributed by atoms with van der Waals surface area (Å²) in [7, 11) is 0. The molecule has 3 aliphatic rings. The largest absolute Gasteiger partial charge is 0.394 e. The Morgan fingerprint density at radius 1 is 0.607 bits per heavy atom. The third-order valence-corrected chi connectivity index (χ3v) is 11.0. The second-order valence-corrected chi connectivity index (χ2v) is 15.8. The average molecular weight is 880 g/mol. The molecule has 3 fully saturated rings. The smallest absolute Gasteiger partial charge is 0.220 e. The van der Waals surface area contributed by atoms with E-state index in [1.807, 2.05) is 6.92 Å². The first-order valence-electron chi connectivity index (χ1n) is 21.7. The zero-order valence-corrected chi connectivity index (χ0v) is 35.4. The Morgan fingerprint density at radius 2 is 1.13 bits per heavy atom. The number of nitrogens with one attached hydrogen (secondary N) is 1. The number of hydrogen-bond acceptors (Lipinski definition) is 18. The number of unbranched alkanes of at least 4 members (excludes halogenated alkanes) is 5. The molecule has 3 heterocycles. The molecular weight excluding hydrogens is 806 g/mol. The molecule has 3 rings (SSSR count). The fourth-order valence-electron chi connectivity index (χ4n) is 7.26. The molecule has 0 aliphatic carbocycles. The highest BCUT2D eigenvalue weighted by atomic mass is 16.8. The fourth-order valence-corrected chi connectivity index (χ4v) is 7.26.